The van der Waals surface area contributed by atoms with Crippen LogP contribution in [0.2, 0.25) is 0 Å². The van der Waals surface area contributed by atoms with Crippen molar-refractivity contribution in [1.29, 1.82) is 0 Å². The van der Waals surface area contributed by atoms with Gasteiger partial charge < -0.3 is 25.0 Å². The van der Waals surface area contributed by atoms with Crippen molar-refractivity contribution in [1.82, 2.24) is 9.55 Å². The van der Waals surface area contributed by atoms with Crippen molar-refractivity contribution in [3.8, 4) is 0 Å². The molecule has 58 heavy (non-hydrogen) atoms. The second kappa shape index (κ2) is 16.5. The number of rotatable bonds is 5. The fourth-order valence-corrected chi connectivity index (χ4v) is 17.8. The lowest BCUT2D eigenvalue weighted by molar-refractivity contribution is -0.163. The van der Waals surface area contributed by atoms with E-state index in [2.05, 4.69) is 57.3 Å². The molecule has 6 aliphatic carbocycles. The smallest absolute Gasteiger partial charge is 0.159 e. The molecule has 8 rings (SSSR count). The molecule has 0 unspecified atom stereocenters. The van der Waals surface area contributed by atoms with E-state index in [-0.39, 0.29) is 46.8 Å². The van der Waals surface area contributed by atoms with Gasteiger partial charge in [-0.15, -0.1) is 0 Å². The summed E-state index contributed by atoms with van der Waals surface area (Å²) in [4.78, 5) is 19.0. The van der Waals surface area contributed by atoms with Crippen molar-refractivity contribution in [3.05, 3.63) is 41.5 Å². The van der Waals surface area contributed by atoms with Crippen LogP contribution >= 0.6 is 21.6 Å². The number of aromatic nitrogens is 2. The highest BCUT2D eigenvalue weighted by atomic mass is 33.1. The minimum Gasteiger partial charge on any atom is -0.393 e. The molecule has 2 heterocycles. The van der Waals surface area contributed by atoms with Crippen LogP contribution in [0.25, 0.3) is 0 Å². The second-order valence-corrected chi connectivity index (χ2v) is 24.8. The van der Waals surface area contributed by atoms with Crippen LogP contribution in [0.5, 0.6) is 0 Å². The molecule has 1 spiro atoms. The number of aliphatic hydroxyl groups is 4. The minimum atomic E-state index is -1.20. The van der Waals surface area contributed by atoms with Gasteiger partial charge in [-0.25, -0.2) is 4.98 Å². The average molecular weight is 837 g/mol. The molecule has 1 aromatic heterocycles. The number of hydrogen-bond acceptors (Lipinski definition) is 8. The summed E-state index contributed by atoms with van der Waals surface area (Å²) in [5.74, 6) is 1.93. The molecule has 1 aliphatic heterocycles. The molecule has 12 atom stereocenters. The fourth-order valence-electron chi connectivity index (χ4n) is 15.1. The Hall–Kier alpha value is -1.10. The number of allylic oxidation sites excluding steroid dienone is 2. The van der Waals surface area contributed by atoms with Crippen LogP contribution in [0.15, 0.2) is 41.5 Å². The highest BCUT2D eigenvalue weighted by Crippen LogP contribution is 2.71. The van der Waals surface area contributed by atoms with Crippen LogP contribution in [0.1, 0.15) is 163 Å². The largest absolute Gasteiger partial charge is 0.393 e. The number of aliphatic hydroxyl groups excluding tert-OH is 3. The Morgan fingerprint density at radius 2 is 1.67 bits per heavy atom. The minimum absolute atomic E-state index is 0.0132. The zero-order valence-corrected chi connectivity index (χ0v) is 38.3. The molecule has 5 saturated carbocycles. The fraction of sp³-hybridized carbons (Fsp3) is 0.837. The number of nitrogens with zero attached hydrogens (tertiary/aromatic N) is 2. The lowest BCUT2D eigenvalue weighted by Gasteiger charge is -2.62. The summed E-state index contributed by atoms with van der Waals surface area (Å²) in [7, 11) is 3.80. The van der Waals surface area contributed by atoms with E-state index in [1.807, 2.05) is 40.2 Å². The Morgan fingerprint density at radius 3 is 2.40 bits per heavy atom. The Labute approximate surface area is 357 Å². The molecule has 0 amide bonds. The van der Waals surface area contributed by atoms with Crippen LogP contribution in [0.4, 0.5) is 0 Å². The third kappa shape index (κ3) is 7.49. The van der Waals surface area contributed by atoms with Gasteiger partial charge in [0.05, 0.1) is 30.2 Å². The van der Waals surface area contributed by atoms with Crippen molar-refractivity contribution in [3.63, 3.8) is 0 Å². The summed E-state index contributed by atoms with van der Waals surface area (Å²) in [5.41, 5.74) is 2.19. The van der Waals surface area contributed by atoms with Crippen molar-refractivity contribution >= 4 is 27.4 Å². The third-order valence-corrected chi connectivity index (χ3v) is 20.7. The Bertz CT molecular complexity index is 1700. The molecule has 1 aromatic rings. The van der Waals surface area contributed by atoms with Crippen molar-refractivity contribution < 1.29 is 25.2 Å². The summed E-state index contributed by atoms with van der Waals surface area (Å²) in [6, 6.07) is 0.241. The molecular formula is C49H76N2O5S2. The summed E-state index contributed by atoms with van der Waals surface area (Å²) in [6.07, 6.45) is 23.6. The van der Waals surface area contributed by atoms with Gasteiger partial charge in [0.1, 0.15) is 0 Å². The first-order chi connectivity index (χ1) is 27.5. The van der Waals surface area contributed by atoms with Gasteiger partial charge in [0.25, 0.3) is 0 Å². The van der Waals surface area contributed by atoms with Crippen LogP contribution in [0, 0.1) is 57.2 Å². The van der Waals surface area contributed by atoms with Crippen LogP contribution in [-0.2, 0) is 4.79 Å². The molecule has 324 valence electrons. The monoisotopic (exact) mass is 837 g/mol. The molecule has 7 aliphatic rings. The summed E-state index contributed by atoms with van der Waals surface area (Å²) < 4.78 is 2.30. The number of carbonyl (C=O) groups is 1. The van der Waals surface area contributed by atoms with E-state index in [9.17, 15) is 25.2 Å². The third-order valence-electron chi connectivity index (χ3n) is 18.2. The van der Waals surface area contributed by atoms with E-state index in [1.54, 1.807) is 5.57 Å². The Balaban J connectivity index is 1.19. The quantitative estimate of drug-likeness (QED) is 0.171. The highest BCUT2D eigenvalue weighted by Gasteiger charge is 2.70. The molecule has 6 fully saturated rings. The van der Waals surface area contributed by atoms with Gasteiger partial charge in [-0.05, 0) is 141 Å². The van der Waals surface area contributed by atoms with E-state index in [1.165, 1.54) is 50.5 Å². The maximum Gasteiger partial charge on any atom is 0.159 e. The second-order valence-electron chi connectivity index (χ2n) is 22.2. The van der Waals surface area contributed by atoms with E-state index in [0.29, 0.717) is 30.6 Å². The van der Waals surface area contributed by atoms with E-state index in [0.717, 1.165) is 68.4 Å². The van der Waals surface area contributed by atoms with Gasteiger partial charge in [-0.1, -0.05) is 100.0 Å². The Morgan fingerprint density at radius 1 is 0.931 bits per heavy atom. The van der Waals surface area contributed by atoms with Gasteiger partial charge in [0, 0.05) is 47.2 Å². The summed E-state index contributed by atoms with van der Waals surface area (Å²) in [6.45, 7) is 14.0. The number of ketones is 1. The number of carbonyl (C=O) groups excluding carboxylic acids is 1. The Kier molecular flexibility index (Phi) is 12.4. The lowest BCUT2D eigenvalue weighted by atomic mass is 9.44. The molecule has 0 aromatic carbocycles. The highest BCUT2D eigenvalue weighted by molar-refractivity contribution is 8.76. The molecule has 1 saturated heterocycles. The zero-order chi connectivity index (χ0) is 41.3. The first kappa shape index (κ1) is 43.5. The number of fused-ring (bicyclic) bond motifs is 9. The average Bonchev–Trinajstić information content (AvgIpc) is 3.92. The maximum atomic E-state index is 14.5. The number of hydrogen-bond donors (Lipinski definition) is 4. The van der Waals surface area contributed by atoms with Crippen molar-refractivity contribution in [2.75, 3.05) is 11.5 Å². The maximum absolute atomic E-state index is 14.5. The van der Waals surface area contributed by atoms with Gasteiger partial charge >= 0.3 is 0 Å². The van der Waals surface area contributed by atoms with Gasteiger partial charge in [-0.3, -0.25) is 4.79 Å². The van der Waals surface area contributed by atoms with E-state index >= 15 is 0 Å². The van der Waals surface area contributed by atoms with E-state index < -0.39 is 34.7 Å². The van der Waals surface area contributed by atoms with Gasteiger partial charge in [0.2, 0.25) is 0 Å². The first-order valence-corrected chi connectivity index (χ1v) is 26.0. The van der Waals surface area contributed by atoms with Crippen molar-refractivity contribution in [2.24, 2.45) is 57.2 Å². The van der Waals surface area contributed by atoms with Crippen LogP contribution in [-0.4, -0.2) is 71.2 Å². The predicted molar refractivity (Wildman–Crippen MR) is 237 cm³/mol. The van der Waals surface area contributed by atoms with Crippen LogP contribution < -0.4 is 0 Å². The topological polar surface area (TPSA) is 116 Å². The first-order valence-electron chi connectivity index (χ1n) is 23.5. The SMILES string of the molecule is CC(C)CCC[C@]12C[C@H](O)[C@H](O)C[C@H]1C(=O)C=C1[C@@H]2CC[C@]2(C)[C@@H]3C[C@H](CSSC[C@H](n4ccnc4)CC(C)(C)/C(=C4\CCCC5(CCCC5)C4)C[C@@H](O)[C@H]3C)[C@@]12O. The van der Waals surface area contributed by atoms with Crippen LogP contribution in [0.3, 0.4) is 0 Å². The van der Waals surface area contributed by atoms with Gasteiger partial charge in [-0.2, -0.15) is 0 Å². The van der Waals surface area contributed by atoms with E-state index in [4.69, 9.17) is 0 Å². The summed E-state index contributed by atoms with van der Waals surface area (Å²) in [5, 5.41) is 48.9. The van der Waals surface area contributed by atoms with Crippen molar-refractivity contribution in [2.45, 2.75) is 187 Å². The lowest BCUT2D eigenvalue weighted by Crippen LogP contribution is -2.63. The van der Waals surface area contributed by atoms with Gasteiger partial charge in [0.15, 0.2) is 5.78 Å². The summed E-state index contributed by atoms with van der Waals surface area (Å²) >= 11 is 0. The molecule has 7 nitrogen and oxygen atoms in total. The number of imidazole rings is 1. The molecule has 2 bridgehead atoms. The molecule has 0 radical (unpaired) electrons. The molecular weight excluding hydrogens is 761 g/mol. The predicted octanol–water partition coefficient (Wildman–Crippen LogP) is 10.3. The normalized spacial score (nSPS) is 44.4. The zero-order valence-electron chi connectivity index (χ0n) is 36.6. The standard InChI is InChI=1S/C49H76N2O5S2/c1-31(2)11-9-17-48-27-44(55)43(54)24-40(48)42(53)23-39-36(48)13-18-46(6)37-21-34(49(39,46)56)28-57-58-29-35(51-20-19-50-30-51)26-45(4,5)38(22-41(52)32(37)3)33-12-10-16-47(25-33)14-7-8-15-47/h19-20,23,30-32,34-37,40-41,43-44,52,54-56H,7-18,21-22,24-29H2,1-6H3/b38-33+/t32-,34+,35+,36-,37+,40-,41+,43+,44-,46+,48+,49+/m0/s1. The molecule has 9 heteroatoms. The molecule has 4 N–H and O–H groups in total.